The third kappa shape index (κ3) is 3.25. The van der Waals surface area contributed by atoms with Crippen LogP contribution in [0.3, 0.4) is 0 Å². The fourth-order valence-corrected chi connectivity index (χ4v) is 2.01. The number of alkyl halides is 3. The molecule has 0 radical (unpaired) electrons. The van der Waals surface area contributed by atoms with Gasteiger partial charge in [0.25, 0.3) is 0 Å². The van der Waals surface area contributed by atoms with Crippen molar-refractivity contribution in [1.29, 1.82) is 0 Å². The molecule has 0 bridgehead atoms. The summed E-state index contributed by atoms with van der Waals surface area (Å²) >= 11 is 5.74. The molecule has 21 heavy (non-hydrogen) atoms. The maximum absolute atomic E-state index is 13.8. The predicted molar refractivity (Wildman–Crippen MR) is 71.1 cm³/mol. The van der Waals surface area contributed by atoms with Gasteiger partial charge < -0.3 is 11.5 Å². The molecular weight excluding hydrogens is 310 g/mol. The summed E-state index contributed by atoms with van der Waals surface area (Å²) in [6.07, 6.45) is -3.34. The van der Waals surface area contributed by atoms with Crippen molar-refractivity contribution in [3.8, 4) is 0 Å². The van der Waals surface area contributed by atoms with Crippen LogP contribution in [0.25, 0.3) is 0 Å². The maximum Gasteiger partial charge on any atom is 0.416 e. The summed E-state index contributed by atoms with van der Waals surface area (Å²) in [6.45, 7) is 0. The van der Waals surface area contributed by atoms with Crippen LogP contribution in [-0.4, -0.2) is 4.98 Å². The van der Waals surface area contributed by atoms with Crippen LogP contribution in [0.4, 0.5) is 23.4 Å². The first-order chi connectivity index (χ1) is 9.70. The van der Waals surface area contributed by atoms with Crippen molar-refractivity contribution in [3.05, 3.63) is 58.0 Å². The molecule has 2 aromatic rings. The Labute approximate surface area is 122 Å². The molecule has 3 nitrogen and oxygen atoms in total. The summed E-state index contributed by atoms with van der Waals surface area (Å²) < 4.78 is 51.8. The number of anilines is 1. The number of nitrogens with two attached hydrogens (primary N) is 2. The monoisotopic (exact) mass is 319 g/mol. The Kier molecular flexibility index (Phi) is 4.06. The summed E-state index contributed by atoms with van der Waals surface area (Å²) in [5, 5.41) is 0.196. The lowest BCUT2D eigenvalue weighted by Gasteiger charge is -2.17. The smallest absolute Gasteiger partial charge is 0.383 e. The standard InChI is InChI=1S/C13H10ClF4N3/c14-7-4-9(12(20)21-5-7)11(19)8-3-6(13(16,17)18)1-2-10(8)15/h1-5,11H,19H2,(H2,20,21). The van der Waals surface area contributed by atoms with E-state index in [9.17, 15) is 17.6 Å². The van der Waals surface area contributed by atoms with E-state index < -0.39 is 23.6 Å². The highest BCUT2D eigenvalue weighted by Crippen LogP contribution is 2.34. The van der Waals surface area contributed by atoms with E-state index in [0.29, 0.717) is 18.2 Å². The van der Waals surface area contributed by atoms with Gasteiger partial charge >= 0.3 is 6.18 Å². The fourth-order valence-electron chi connectivity index (χ4n) is 1.84. The number of hydrogen-bond acceptors (Lipinski definition) is 3. The molecule has 0 saturated heterocycles. The van der Waals surface area contributed by atoms with Crippen molar-refractivity contribution in [2.75, 3.05) is 5.73 Å². The van der Waals surface area contributed by atoms with Crippen molar-refractivity contribution >= 4 is 17.4 Å². The van der Waals surface area contributed by atoms with E-state index in [0.717, 1.165) is 0 Å². The Morgan fingerprint density at radius 2 is 1.81 bits per heavy atom. The van der Waals surface area contributed by atoms with Crippen LogP contribution in [-0.2, 0) is 6.18 Å². The van der Waals surface area contributed by atoms with Crippen molar-refractivity contribution in [1.82, 2.24) is 4.98 Å². The average molecular weight is 320 g/mol. The first-order valence-electron chi connectivity index (χ1n) is 5.73. The van der Waals surface area contributed by atoms with Crippen LogP contribution in [0.1, 0.15) is 22.7 Å². The number of nitrogens with zero attached hydrogens (tertiary/aromatic N) is 1. The van der Waals surface area contributed by atoms with Gasteiger partial charge in [0.1, 0.15) is 11.6 Å². The summed E-state index contributed by atoms with van der Waals surface area (Å²) in [4.78, 5) is 3.75. The molecule has 1 unspecified atom stereocenters. The van der Waals surface area contributed by atoms with Gasteiger partial charge in [-0.1, -0.05) is 11.6 Å². The second-order valence-corrected chi connectivity index (χ2v) is 4.78. The average Bonchev–Trinajstić information content (AvgIpc) is 2.40. The molecule has 1 aromatic heterocycles. The molecule has 1 aromatic carbocycles. The van der Waals surface area contributed by atoms with Gasteiger partial charge in [-0.3, -0.25) is 0 Å². The van der Waals surface area contributed by atoms with Gasteiger partial charge in [0.2, 0.25) is 0 Å². The molecule has 1 atom stereocenters. The normalized spacial score (nSPS) is 13.2. The lowest BCUT2D eigenvalue weighted by molar-refractivity contribution is -0.137. The minimum absolute atomic E-state index is 0.0243. The molecular formula is C13H10ClF4N3. The second-order valence-electron chi connectivity index (χ2n) is 4.34. The highest BCUT2D eigenvalue weighted by Gasteiger charge is 2.32. The number of rotatable bonds is 2. The van der Waals surface area contributed by atoms with Crippen molar-refractivity contribution in [2.24, 2.45) is 5.73 Å². The van der Waals surface area contributed by atoms with Crippen LogP contribution in [0.15, 0.2) is 30.5 Å². The highest BCUT2D eigenvalue weighted by molar-refractivity contribution is 6.30. The van der Waals surface area contributed by atoms with Crippen LogP contribution in [0.2, 0.25) is 5.02 Å². The lowest BCUT2D eigenvalue weighted by atomic mass is 9.97. The van der Waals surface area contributed by atoms with Gasteiger partial charge in [-0.05, 0) is 24.3 Å². The largest absolute Gasteiger partial charge is 0.416 e. The third-order valence-corrected chi connectivity index (χ3v) is 3.12. The number of nitrogen functional groups attached to an aromatic ring is 1. The summed E-state index contributed by atoms with van der Waals surface area (Å²) in [5.41, 5.74) is 10.2. The van der Waals surface area contributed by atoms with Crippen LogP contribution >= 0.6 is 11.6 Å². The third-order valence-electron chi connectivity index (χ3n) is 2.91. The second kappa shape index (κ2) is 5.50. The van der Waals surface area contributed by atoms with E-state index in [1.165, 1.54) is 12.3 Å². The zero-order valence-corrected chi connectivity index (χ0v) is 11.2. The number of pyridine rings is 1. The van der Waals surface area contributed by atoms with E-state index in [2.05, 4.69) is 4.98 Å². The van der Waals surface area contributed by atoms with Gasteiger partial charge in [0, 0.05) is 17.3 Å². The van der Waals surface area contributed by atoms with Crippen molar-refractivity contribution < 1.29 is 17.6 Å². The van der Waals surface area contributed by atoms with Gasteiger partial charge in [0.15, 0.2) is 0 Å². The van der Waals surface area contributed by atoms with Gasteiger partial charge in [-0.25, -0.2) is 9.37 Å². The summed E-state index contributed by atoms with van der Waals surface area (Å²) in [5.74, 6) is -0.890. The fraction of sp³-hybridized carbons (Fsp3) is 0.154. The summed E-state index contributed by atoms with van der Waals surface area (Å²) in [6, 6.07) is 2.14. The number of hydrogen-bond donors (Lipinski definition) is 2. The van der Waals surface area contributed by atoms with Crippen molar-refractivity contribution in [3.63, 3.8) is 0 Å². The van der Waals surface area contributed by atoms with Crippen LogP contribution in [0.5, 0.6) is 0 Å². The quantitative estimate of drug-likeness (QED) is 0.832. The minimum atomic E-state index is -4.60. The topological polar surface area (TPSA) is 64.9 Å². The molecule has 0 amide bonds. The molecule has 112 valence electrons. The maximum atomic E-state index is 13.8. The zero-order chi connectivity index (χ0) is 15.8. The van der Waals surface area contributed by atoms with E-state index in [-0.39, 0.29) is 22.0 Å². The lowest BCUT2D eigenvalue weighted by Crippen LogP contribution is -2.17. The van der Waals surface area contributed by atoms with E-state index in [4.69, 9.17) is 23.1 Å². The van der Waals surface area contributed by atoms with E-state index in [1.54, 1.807) is 0 Å². The molecule has 1 heterocycles. The van der Waals surface area contributed by atoms with Crippen LogP contribution < -0.4 is 11.5 Å². The number of aromatic nitrogens is 1. The van der Waals surface area contributed by atoms with Crippen LogP contribution in [0, 0.1) is 5.82 Å². The van der Waals surface area contributed by atoms with E-state index in [1.807, 2.05) is 0 Å². The molecule has 4 N–H and O–H groups in total. The number of benzene rings is 1. The molecule has 0 spiro atoms. The molecule has 8 heteroatoms. The molecule has 2 rings (SSSR count). The minimum Gasteiger partial charge on any atom is -0.383 e. The Morgan fingerprint density at radius 1 is 1.14 bits per heavy atom. The Bertz CT molecular complexity index is 673. The molecule has 0 aliphatic carbocycles. The van der Waals surface area contributed by atoms with Gasteiger partial charge in [-0.15, -0.1) is 0 Å². The predicted octanol–water partition coefficient (Wildman–Crippen LogP) is 3.52. The van der Waals surface area contributed by atoms with Gasteiger partial charge in [0.05, 0.1) is 16.6 Å². The molecule has 0 aliphatic heterocycles. The molecule has 0 aliphatic rings. The number of halogens is 5. The first-order valence-corrected chi connectivity index (χ1v) is 6.11. The first kappa shape index (κ1) is 15.5. The summed E-state index contributed by atoms with van der Waals surface area (Å²) in [7, 11) is 0. The molecule has 0 saturated carbocycles. The van der Waals surface area contributed by atoms with Crippen molar-refractivity contribution in [2.45, 2.75) is 12.2 Å². The highest BCUT2D eigenvalue weighted by atomic mass is 35.5. The van der Waals surface area contributed by atoms with Gasteiger partial charge in [-0.2, -0.15) is 13.2 Å². The Balaban J connectivity index is 2.52. The Morgan fingerprint density at radius 3 is 2.43 bits per heavy atom. The Hall–Kier alpha value is -1.86. The SMILES string of the molecule is Nc1ncc(Cl)cc1C(N)c1cc(C(F)(F)F)ccc1F. The molecule has 0 fully saturated rings. The van der Waals surface area contributed by atoms with E-state index >= 15 is 0 Å². The zero-order valence-electron chi connectivity index (χ0n) is 10.5.